The zero-order chi connectivity index (χ0) is 11.1. The Balaban J connectivity index is 2.80. The second kappa shape index (κ2) is 5.41. The maximum atomic E-state index is 10.9. The normalized spacial score (nSPS) is 8.27. The van der Waals surface area contributed by atoms with Crippen molar-refractivity contribution in [2.75, 3.05) is 6.61 Å². The number of nitrogens with zero attached hydrogens (tertiary/aromatic N) is 2. The third-order valence-corrected chi connectivity index (χ3v) is 1.45. The molecule has 1 rings (SSSR count). The van der Waals surface area contributed by atoms with Crippen molar-refractivity contribution in [3.8, 4) is 17.9 Å². The molecule has 0 aromatic carbocycles. The van der Waals surface area contributed by atoms with Crippen molar-refractivity contribution in [1.82, 2.24) is 4.98 Å². The summed E-state index contributed by atoms with van der Waals surface area (Å²) < 4.78 is 4.62. The minimum Gasteiger partial charge on any atom is -0.456 e. The Labute approximate surface area is 87.5 Å². The lowest BCUT2D eigenvalue weighted by Gasteiger charge is -1.91. The van der Waals surface area contributed by atoms with Gasteiger partial charge in [0.1, 0.15) is 6.07 Å². The monoisotopic (exact) mass is 200 g/mol. The highest BCUT2D eigenvalue weighted by Gasteiger charge is 1.94. The van der Waals surface area contributed by atoms with Gasteiger partial charge in [0.05, 0.1) is 12.2 Å². The molecular formula is C11H8N2O2. The number of nitriles is 1. The highest BCUT2D eigenvalue weighted by Crippen LogP contribution is 1.98. The number of rotatable bonds is 1. The van der Waals surface area contributed by atoms with Crippen molar-refractivity contribution >= 4 is 5.97 Å². The largest absolute Gasteiger partial charge is 0.456 e. The molecule has 0 aliphatic rings. The maximum Gasteiger partial charge on any atom is 0.384 e. The molecule has 15 heavy (non-hydrogen) atoms. The Kier molecular flexibility index (Phi) is 3.88. The molecule has 1 aromatic rings. The first-order chi connectivity index (χ1) is 7.26. The summed E-state index contributed by atoms with van der Waals surface area (Å²) >= 11 is 0. The van der Waals surface area contributed by atoms with Crippen LogP contribution in [0.25, 0.3) is 0 Å². The van der Waals surface area contributed by atoms with Gasteiger partial charge in [-0.05, 0) is 13.0 Å². The molecule has 0 aliphatic heterocycles. The molecule has 0 radical (unpaired) electrons. The average molecular weight is 200 g/mol. The summed E-state index contributed by atoms with van der Waals surface area (Å²) in [5.74, 6) is 4.27. The SMILES string of the molecule is CCOC(=O)C#Cc1cncc(C#N)c1. The van der Waals surface area contributed by atoms with Gasteiger partial charge >= 0.3 is 5.97 Å². The van der Waals surface area contributed by atoms with E-state index in [1.807, 2.05) is 6.07 Å². The van der Waals surface area contributed by atoms with Crippen LogP contribution in [0.1, 0.15) is 18.1 Å². The van der Waals surface area contributed by atoms with E-state index in [2.05, 4.69) is 21.6 Å². The van der Waals surface area contributed by atoms with E-state index in [0.29, 0.717) is 17.7 Å². The number of ether oxygens (including phenoxy) is 1. The zero-order valence-corrected chi connectivity index (χ0v) is 8.15. The zero-order valence-electron chi connectivity index (χ0n) is 8.15. The minimum absolute atomic E-state index is 0.296. The van der Waals surface area contributed by atoms with Crippen molar-refractivity contribution in [2.24, 2.45) is 0 Å². The molecule has 1 heterocycles. The Morgan fingerprint density at radius 1 is 1.53 bits per heavy atom. The molecule has 0 atom stereocenters. The van der Waals surface area contributed by atoms with Crippen molar-refractivity contribution in [3.63, 3.8) is 0 Å². The number of pyridine rings is 1. The summed E-state index contributed by atoms with van der Waals surface area (Å²) in [6, 6.07) is 3.49. The molecule has 0 saturated heterocycles. The van der Waals surface area contributed by atoms with Crippen LogP contribution in [0.15, 0.2) is 18.5 Å². The first-order valence-electron chi connectivity index (χ1n) is 4.30. The van der Waals surface area contributed by atoms with Crippen LogP contribution < -0.4 is 0 Å². The summed E-state index contributed by atoms with van der Waals surface area (Å²) in [4.78, 5) is 14.7. The highest BCUT2D eigenvalue weighted by molar-refractivity contribution is 5.89. The van der Waals surface area contributed by atoms with E-state index < -0.39 is 5.97 Å². The van der Waals surface area contributed by atoms with E-state index in [1.54, 1.807) is 13.0 Å². The fraction of sp³-hybridized carbons (Fsp3) is 0.182. The smallest absolute Gasteiger partial charge is 0.384 e. The van der Waals surface area contributed by atoms with Crippen LogP contribution in [0, 0.1) is 23.2 Å². The maximum absolute atomic E-state index is 10.9. The lowest BCUT2D eigenvalue weighted by molar-refractivity contribution is -0.136. The van der Waals surface area contributed by atoms with E-state index in [4.69, 9.17) is 5.26 Å². The van der Waals surface area contributed by atoms with Crippen LogP contribution in [0.2, 0.25) is 0 Å². The Morgan fingerprint density at radius 2 is 2.27 bits per heavy atom. The van der Waals surface area contributed by atoms with E-state index in [1.165, 1.54) is 12.4 Å². The van der Waals surface area contributed by atoms with E-state index >= 15 is 0 Å². The molecule has 0 amide bonds. The third kappa shape index (κ3) is 3.50. The summed E-state index contributed by atoms with van der Waals surface area (Å²) in [5, 5.41) is 8.59. The second-order valence-corrected chi connectivity index (χ2v) is 2.54. The number of carbonyl (C=O) groups is 1. The molecule has 74 valence electrons. The fourth-order valence-electron chi connectivity index (χ4n) is 0.860. The highest BCUT2D eigenvalue weighted by atomic mass is 16.5. The standard InChI is InChI=1S/C11H8N2O2/c1-2-15-11(14)4-3-9-5-10(6-12)8-13-7-9/h5,7-8H,2H2,1H3. The molecule has 4 heteroatoms. The van der Waals surface area contributed by atoms with E-state index in [-0.39, 0.29) is 0 Å². The molecule has 0 bridgehead atoms. The molecule has 4 nitrogen and oxygen atoms in total. The number of hydrogen-bond donors (Lipinski definition) is 0. The molecule has 0 fully saturated rings. The molecule has 0 spiro atoms. The summed E-state index contributed by atoms with van der Waals surface area (Å²) in [6.45, 7) is 2.00. The van der Waals surface area contributed by atoms with Gasteiger partial charge in [-0.2, -0.15) is 5.26 Å². The lowest BCUT2D eigenvalue weighted by Crippen LogP contribution is -1.99. The van der Waals surface area contributed by atoms with Crippen LogP contribution in [-0.4, -0.2) is 17.6 Å². The van der Waals surface area contributed by atoms with Crippen LogP contribution in [-0.2, 0) is 9.53 Å². The van der Waals surface area contributed by atoms with Gasteiger partial charge < -0.3 is 4.74 Å². The number of carbonyl (C=O) groups excluding carboxylic acids is 1. The van der Waals surface area contributed by atoms with E-state index in [0.717, 1.165) is 0 Å². The van der Waals surface area contributed by atoms with Gasteiger partial charge in [-0.25, -0.2) is 4.79 Å². The van der Waals surface area contributed by atoms with Gasteiger partial charge in [0.2, 0.25) is 0 Å². The van der Waals surface area contributed by atoms with Crippen molar-refractivity contribution in [3.05, 3.63) is 29.6 Å². The third-order valence-electron chi connectivity index (χ3n) is 1.45. The number of aromatic nitrogens is 1. The second-order valence-electron chi connectivity index (χ2n) is 2.54. The van der Waals surface area contributed by atoms with Crippen LogP contribution in [0.5, 0.6) is 0 Å². The van der Waals surface area contributed by atoms with Gasteiger partial charge in [0, 0.05) is 23.9 Å². The van der Waals surface area contributed by atoms with Crippen molar-refractivity contribution in [2.45, 2.75) is 6.92 Å². The molecular weight excluding hydrogens is 192 g/mol. The van der Waals surface area contributed by atoms with Gasteiger partial charge in [-0.15, -0.1) is 0 Å². The predicted octanol–water partition coefficient (Wildman–Crippen LogP) is 0.868. The summed E-state index contributed by atoms with van der Waals surface area (Å²) in [6.07, 6.45) is 2.91. The van der Waals surface area contributed by atoms with Crippen LogP contribution in [0.3, 0.4) is 0 Å². The molecule has 0 saturated carbocycles. The van der Waals surface area contributed by atoms with Gasteiger partial charge in [-0.1, -0.05) is 5.92 Å². The molecule has 0 aliphatic carbocycles. The Morgan fingerprint density at radius 3 is 2.93 bits per heavy atom. The quantitative estimate of drug-likeness (QED) is 0.498. The first kappa shape index (κ1) is 10.7. The number of esters is 1. The van der Waals surface area contributed by atoms with E-state index in [9.17, 15) is 4.79 Å². The lowest BCUT2D eigenvalue weighted by atomic mass is 10.2. The summed E-state index contributed by atoms with van der Waals surface area (Å²) in [5.41, 5.74) is 0.924. The average Bonchev–Trinajstić information content (AvgIpc) is 2.27. The topological polar surface area (TPSA) is 63.0 Å². The predicted molar refractivity (Wildman–Crippen MR) is 52.5 cm³/mol. The number of hydrogen-bond acceptors (Lipinski definition) is 4. The van der Waals surface area contributed by atoms with Crippen molar-refractivity contribution < 1.29 is 9.53 Å². The minimum atomic E-state index is -0.583. The Hall–Kier alpha value is -2.33. The van der Waals surface area contributed by atoms with Crippen molar-refractivity contribution in [1.29, 1.82) is 5.26 Å². The molecule has 1 aromatic heterocycles. The van der Waals surface area contributed by atoms with Gasteiger partial charge in [-0.3, -0.25) is 4.98 Å². The Bertz CT molecular complexity index is 463. The molecule has 0 unspecified atom stereocenters. The molecule has 0 N–H and O–H groups in total. The van der Waals surface area contributed by atoms with Gasteiger partial charge in [0.15, 0.2) is 0 Å². The van der Waals surface area contributed by atoms with Crippen LogP contribution in [0.4, 0.5) is 0 Å². The summed E-state index contributed by atoms with van der Waals surface area (Å²) in [7, 11) is 0. The van der Waals surface area contributed by atoms with Gasteiger partial charge in [0.25, 0.3) is 0 Å². The fourth-order valence-corrected chi connectivity index (χ4v) is 0.860. The first-order valence-corrected chi connectivity index (χ1v) is 4.30. The van der Waals surface area contributed by atoms with Crippen LogP contribution >= 0.6 is 0 Å².